The molecular weight excluding hydrogens is 278 g/mol. The standard InChI is InChI=1S/C22H40N/c1-5-6-7-8-9-10-11-12-16-19-22(23(2,3)4)20-21-17-14-13-15-18-21/h13-15,17-18,22H,5-12,16,19-20H2,1-4H3/q+1. The molecule has 1 unspecified atom stereocenters. The Bertz CT molecular complexity index is 377. The normalized spacial score (nSPS) is 13.2. The predicted molar refractivity (Wildman–Crippen MR) is 104 cm³/mol. The van der Waals surface area contributed by atoms with E-state index in [9.17, 15) is 0 Å². The number of benzene rings is 1. The number of quaternary nitrogens is 1. The summed E-state index contributed by atoms with van der Waals surface area (Å²) in [5, 5.41) is 0. The van der Waals surface area contributed by atoms with Gasteiger partial charge in [-0.1, -0.05) is 88.6 Å². The summed E-state index contributed by atoms with van der Waals surface area (Å²) in [6, 6.07) is 11.7. The number of unbranched alkanes of at least 4 members (excludes halogenated alkanes) is 8. The van der Waals surface area contributed by atoms with E-state index >= 15 is 0 Å². The van der Waals surface area contributed by atoms with Crippen LogP contribution >= 0.6 is 0 Å². The average Bonchev–Trinajstić information content (AvgIpc) is 2.52. The lowest BCUT2D eigenvalue weighted by atomic mass is 9.97. The van der Waals surface area contributed by atoms with Crippen LogP contribution in [0.3, 0.4) is 0 Å². The third kappa shape index (κ3) is 9.81. The Morgan fingerprint density at radius 3 is 1.78 bits per heavy atom. The van der Waals surface area contributed by atoms with Gasteiger partial charge in [-0.2, -0.15) is 0 Å². The van der Waals surface area contributed by atoms with Crippen molar-refractivity contribution in [2.75, 3.05) is 21.1 Å². The van der Waals surface area contributed by atoms with Crippen LogP contribution in [-0.2, 0) is 6.42 Å². The van der Waals surface area contributed by atoms with Crippen molar-refractivity contribution < 1.29 is 4.48 Å². The Balaban J connectivity index is 2.20. The van der Waals surface area contributed by atoms with Gasteiger partial charge >= 0.3 is 0 Å². The fraction of sp³-hybridized carbons (Fsp3) is 0.727. The molecule has 0 heterocycles. The summed E-state index contributed by atoms with van der Waals surface area (Å²) in [5.74, 6) is 0. The monoisotopic (exact) mass is 318 g/mol. The van der Waals surface area contributed by atoms with E-state index in [-0.39, 0.29) is 0 Å². The lowest BCUT2D eigenvalue weighted by molar-refractivity contribution is -0.896. The summed E-state index contributed by atoms with van der Waals surface area (Å²) in [5.41, 5.74) is 1.49. The molecule has 0 saturated heterocycles. The lowest BCUT2D eigenvalue weighted by Crippen LogP contribution is -2.46. The van der Waals surface area contributed by atoms with E-state index in [0.717, 1.165) is 10.5 Å². The summed E-state index contributed by atoms with van der Waals surface area (Å²) < 4.78 is 1.08. The molecule has 1 atom stereocenters. The SMILES string of the molecule is CCCCCCCCCCCC(Cc1ccccc1)[N+](C)(C)C. The number of likely N-dealkylation sites (N-methyl/N-ethyl adjacent to an activating group) is 1. The largest absolute Gasteiger partial charge is 0.328 e. The third-order valence-corrected chi connectivity index (χ3v) is 5.05. The summed E-state index contributed by atoms with van der Waals surface area (Å²) in [4.78, 5) is 0. The Labute approximate surface area is 145 Å². The lowest BCUT2D eigenvalue weighted by Gasteiger charge is -2.34. The van der Waals surface area contributed by atoms with Gasteiger partial charge in [-0.25, -0.2) is 0 Å². The zero-order valence-corrected chi connectivity index (χ0v) is 16.2. The first-order valence-electron chi connectivity index (χ1n) is 9.89. The van der Waals surface area contributed by atoms with Crippen molar-refractivity contribution in [3.8, 4) is 0 Å². The second-order valence-electron chi connectivity index (χ2n) is 8.08. The van der Waals surface area contributed by atoms with Gasteiger partial charge in [-0.15, -0.1) is 0 Å². The van der Waals surface area contributed by atoms with Gasteiger partial charge in [0.2, 0.25) is 0 Å². The number of hydrogen-bond donors (Lipinski definition) is 0. The van der Waals surface area contributed by atoms with E-state index in [0.29, 0.717) is 0 Å². The smallest absolute Gasteiger partial charge is 0.0925 e. The third-order valence-electron chi connectivity index (χ3n) is 5.05. The second kappa shape index (κ2) is 11.7. The van der Waals surface area contributed by atoms with Crippen LogP contribution in [0.15, 0.2) is 30.3 Å². The van der Waals surface area contributed by atoms with Gasteiger partial charge in [-0.3, -0.25) is 0 Å². The first kappa shape index (κ1) is 20.2. The molecule has 0 aromatic heterocycles. The van der Waals surface area contributed by atoms with Gasteiger partial charge in [0.05, 0.1) is 27.2 Å². The molecule has 23 heavy (non-hydrogen) atoms. The van der Waals surface area contributed by atoms with Crippen LogP contribution in [-0.4, -0.2) is 31.7 Å². The highest BCUT2D eigenvalue weighted by Crippen LogP contribution is 2.19. The minimum absolute atomic E-state index is 0.738. The van der Waals surface area contributed by atoms with Gasteiger partial charge in [0, 0.05) is 6.42 Å². The fourth-order valence-corrected chi connectivity index (χ4v) is 3.34. The van der Waals surface area contributed by atoms with Crippen molar-refractivity contribution in [1.82, 2.24) is 0 Å². The summed E-state index contributed by atoms with van der Waals surface area (Å²) in [6.45, 7) is 2.29. The van der Waals surface area contributed by atoms with Crippen molar-refractivity contribution in [2.24, 2.45) is 0 Å². The molecule has 1 aromatic carbocycles. The van der Waals surface area contributed by atoms with Gasteiger partial charge in [0.25, 0.3) is 0 Å². The molecule has 0 N–H and O–H groups in total. The van der Waals surface area contributed by atoms with Crippen LogP contribution in [0.25, 0.3) is 0 Å². The van der Waals surface area contributed by atoms with Crippen LogP contribution in [0.2, 0.25) is 0 Å². The Morgan fingerprint density at radius 1 is 0.739 bits per heavy atom. The van der Waals surface area contributed by atoms with Crippen LogP contribution < -0.4 is 0 Å². The van der Waals surface area contributed by atoms with Gasteiger partial charge in [-0.05, 0) is 18.4 Å². The highest BCUT2D eigenvalue weighted by molar-refractivity contribution is 5.15. The summed E-state index contributed by atoms with van der Waals surface area (Å²) in [7, 11) is 7.05. The molecule has 1 aromatic rings. The second-order valence-corrected chi connectivity index (χ2v) is 8.08. The quantitative estimate of drug-likeness (QED) is 0.299. The highest BCUT2D eigenvalue weighted by Gasteiger charge is 2.23. The van der Waals surface area contributed by atoms with Crippen LogP contribution in [0.1, 0.15) is 76.7 Å². The van der Waals surface area contributed by atoms with Crippen LogP contribution in [0, 0.1) is 0 Å². The maximum Gasteiger partial charge on any atom is 0.0925 e. The molecule has 1 nitrogen and oxygen atoms in total. The first-order chi connectivity index (χ1) is 11.0. The molecule has 0 aliphatic heterocycles. The van der Waals surface area contributed by atoms with Crippen molar-refractivity contribution in [1.29, 1.82) is 0 Å². The van der Waals surface area contributed by atoms with Gasteiger partial charge < -0.3 is 4.48 Å². The topological polar surface area (TPSA) is 0 Å². The Morgan fingerprint density at radius 2 is 1.26 bits per heavy atom. The average molecular weight is 319 g/mol. The van der Waals surface area contributed by atoms with Crippen molar-refractivity contribution in [3.63, 3.8) is 0 Å². The molecule has 0 bridgehead atoms. The van der Waals surface area contributed by atoms with Crippen molar-refractivity contribution >= 4 is 0 Å². The zero-order chi connectivity index (χ0) is 17.0. The maximum atomic E-state index is 2.35. The molecule has 1 heteroatoms. The predicted octanol–water partition coefficient (Wildman–Crippen LogP) is 6.22. The molecule has 1 rings (SSSR count). The molecule has 132 valence electrons. The first-order valence-corrected chi connectivity index (χ1v) is 9.89. The summed E-state index contributed by atoms with van der Waals surface area (Å²) in [6.07, 6.45) is 15.4. The van der Waals surface area contributed by atoms with Crippen LogP contribution in [0.5, 0.6) is 0 Å². The fourth-order valence-electron chi connectivity index (χ4n) is 3.34. The molecule has 0 amide bonds. The van der Waals surface area contributed by atoms with Crippen molar-refractivity contribution in [2.45, 2.75) is 83.6 Å². The molecular formula is C22H40N+. The van der Waals surface area contributed by atoms with Gasteiger partial charge in [0.1, 0.15) is 0 Å². The highest BCUT2D eigenvalue weighted by atomic mass is 15.3. The van der Waals surface area contributed by atoms with E-state index in [1.165, 1.54) is 76.2 Å². The Kier molecular flexibility index (Phi) is 10.3. The van der Waals surface area contributed by atoms with E-state index in [4.69, 9.17) is 0 Å². The van der Waals surface area contributed by atoms with Crippen molar-refractivity contribution in [3.05, 3.63) is 35.9 Å². The van der Waals surface area contributed by atoms with E-state index < -0.39 is 0 Å². The molecule has 0 spiro atoms. The minimum Gasteiger partial charge on any atom is -0.328 e. The molecule has 0 saturated carbocycles. The number of hydrogen-bond acceptors (Lipinski definition) is 0. The summed E-state index contributed by atoms with van der Waals surface area (Å²) >= 11 is 0. The van der Waals surface area contributed by atoms with E-state index in [2.05, 4.69) is 58.4 Å². The number of nitrogens with zero attached hydrogens (tertiary/aromatic N) is 1. The maximum absolute atomic E-state index is 2.35. The number of rotatable bonds is 13. The molecule has 0 radical (unpaired) electrons. The van der Waals surface area contributed by atoms with E-state index in [1.807, 2.05) is 0 Å². The van der Waals surface area contributed by atoms with Crippen LogP contribution in [0.4, 0.5) is 0 Å². The minimum atomic E-state index is 0.738. The molecule has 0 fully saturated rings. The zero-order valence-electron chi connectivity index (χ0n) is 16.2. The molecule has 0 aliphatic carbocycles. The van der Waals surface area contributed by atoms with E-state index in [1.54, 1.807) is 0 Å². The van der Waals surface area contributed by atoms with Gasteiger partial charge in [0.15, 0.2) is 0 Å². The molecule has 0 aliphatic rings. The Hall–Kier alpha value is -0.820.